The van der Waals surface area contributed by atoms with Gasteiger partial charge in [0, 0.05) is 0 Å². The van der Waals surface area contributed by atoms with Crippen molar-refractivity contribution in [1.29, 1.82) is 0 Å². The molecule has 1 heterocycles. The summed E-state index contributed by atoms with van der Waals surface area (Å²) in [5.41, 5.74) is 5.85. The maximum atomic E-state index is 12.3. The Kier molecular flexibility index (Phi) is 11.6. The Morgan fingerprint density at radius 3 is 2.17 bits per heavy atom. The summed E-state index contributed by atoms with van der Waals surface area (Å²) in [6.07, 6.45) is 6.25. The van der Waals surface area contributed by atoms with Gasteiger partial charge in [0.15, 0.2) is 0 Å². The fraction of sp³-hybridized carbons (Fsp3) is 0.706. The van der Waals surface area contributed by atoms with Gasteiger partial charge in [0.1, 0.15) is 31.6 Å². The normalized spacial score (nSPS) is 13.5. The second-order valence-corrected chi connectivity index (χ2v) is 7.44. The van der Waals surface area contributed by atoms with Gasteiger partial charge in [-0.3, -0.25) is 4.79 Å². The Morgan fingerprint density at radius 2 is 1.76 bits per heavy atom. The Balaban J connectivity index is 0.00000139. The van der Waals surface area contributed by atoms with Crippen LogP contribution in [0, 0.1) is 11.8 Å². The molecule has 12 heteroatoms. The second kappa shape index (κ2) is 12.5. The highest BCUT2D eigenvalue weighted by Gasteiger charge is 2.27. The molecule has 0 radical (unpaired) electrons. The summed E-state index contributed by atoms with van der Waals surface area (Å²) in [6.45, 7) is 8.56. The van der Waals surface area contributed by atoms with Gasteiger partial charge in [-0.2, -0.15) is 0 Å². The van der Waals surface area contributed by atoms with E-state index < -0.39 is 25.3 Å². The van der Waals surface area contributed by atoms with Gasteiger partial charge in [-0.05, 0) is 18.3 Å². The molecule has 0 spiro atoms. The zero-order chi connectivity index (χ0) is 22.8. The summed E-state index contributed by atoms with van der Waals surface area (Å²) in [5, 5.41) is 2.73. The van der Waals surface area contributed by atoms with Crippen LogP contribution in [0.25, 0.3) is 0 Å². The van der Waals surface area contributed by atoms with Gasteiger partial charge in [-0.1, -0.05) is 27.7 Å². The lowest BCUT2D eigenvalue weighted by atomic mass is 10.0. The molecule has 2 atom stereocenters. The van der Waals surface area contributed by atoms with E-state index in [-0.39, 0.29) is 24.3 Å². The molecule has 168 valence electrons. The fourth-order valence-electron chi connectivity index (χ4n) is 2.24. The highest BCUT2D eigenvalue weighted by atomic mass is 19.5. The third kappa shape index (κ3) is 13.7. The summed E-state index contributed by atoms with van der Waals surface area (Å²) >= 11 is 0. The van der Waals surface area contributed by atoms with Crippen molar-refractivity contribution in [3.63, 3.8) is 0 Å². The monoisotopic (exact) mass is 426 g/mol. The van der Waals surface area contributed by atoms with Crippen molar-refractivity contribution in [3.8, 4) is 0 Å². The van der Waals surface area contributed by atoms with Gasteiger partial charge in [-0.25, -0.2) is 13.9 Å². The molecule has 3 N–H and O–H groups in total. The number of nitrogens with one attached hydrogen (secondary N) is 1. The average molecular weight is 426 g/mol. The van der Waals surface area contributed by atoms with E-state index >= 15 is 0 Å². The van der Waals surface area contributed by atoms with Crippen molar-refractivity contribution in [3.05, 3.63) is 18.7 Å². The van der Waals surface area contributed by atoms with Crippen LogP contribution < -0.4 is 15.6 Å². The number of esters is 1. The van der Waals surface area contributed by atoms with Crippen molar-refractivity contribution in [2.24, 2.45) is 24.6 Å². The van der Waals surface area contributed by atoms with Crippen LogP contribution in [-0.4, -0.2) is 42.4 Å². The third-order valence-electron chi connectivity index (χ3n) is 3.75. The molecule has 0 bridgehead atoms. The highest BCUT2D eigenvalue weighted by Crippen LogP contribution is 2.08. The molecule has 29 heavy (non-hydrogen) atoms. The maximum absolute atomic E-state index is 12.3. The third-order valence-corrected chi connectivity index (χ3v) is 3.75. The highest BCUT2D eigenvalue weighted by molar-refractivity contribution is 6.50. The molecule has 0 unspecified atom stereocenters. The standard InChI is InChI=1S/C17H30N4O3.BF4/c1-12(2)10-14(19-16(22)15(18)13(3)4)17(23)24-9-8-21-7-6-20(5)11-21;2-1(3,4)5/h6-7,11-15H,8-10,18H2,1-5H3;/q;-1/p+1/t14-,15-;/m0./s1. The van der Waals surface area contributed by atoms with E-state index in [1.165, 1.54) is 0 Å². The topological polar surface area (TPSA) is 90.2 Å². The lowest BCUT2D eigenvalue weighted by molar-refractivity contribution is -0.671. The molecule has 0 aromatic carbocycles. The number of aromatic nitrogens is 2. The largest absolute Gasteiger partial charge is 0.673 e. The van der Waals surface area contributed by atoms with Crippen molar-refractivity contribution >= 4 is 19.1 Å². The number of carbonyl (C=O) groups excluding carboxylic acids is 2. The Hall–Kier alpha value is -2.11. The van der Waals surface area contributed by atoms with E-state index in [0.29, 0.717) is 13.0 Å². The quantitative estimate of drug-likeness (QED) is 0.272. The molecule has 0 aliphatic carbocycles. The molecule has 0 saturated heterocycles. The first-order valence-electron chi connectivity index (χ1n) is 9.31. The van der Waals surface area contributed by atoms with E-state index in [2.05, 4.69) is 5.32 Å². The van der Waals surface area contributed by atoms with E-state index in [0.717, 1.165) is 0 Å². The fourth-order valence-corrected chi connectivity index (χ4v) is 2.24. The minimum Gasteiger partial charge on any atom is -0.460 e. The maximum Gasteiger partial charge on any atom is 0.673 e. The summed E-state index contributed by atoms with van der Waals surface area (Å²) in [7, 11) is -4.07. The number of amides is 1. The van der Waals surface area contributed by atoms with E-state index in [9.17, 15) is 26.9 Å². The predicted molar refractivity (Wildman–Crippen MR) is 101 cm³/mol. The Bertz CT molecular complexity index is 632. The zero-order valence-electron chi connectivity index (χ0n) is 17.4. The number of hydrogen-bond donors (Lipinski definition) is 2. The van der Waals surface area contributed by atoms with Crippen LogP contribution in [0.5, 0.6) is 0 Å². The van der Waals surface area contributed by atoms with Crippen LogP contribution in [0.15, 0.2) is 18.7 Å². The minimum absolute atomic E-state index is 0.00945. The summed E-state index contributed by atoms with van der Waals surface area (Å²) in [6, 6.07) is -1.30. The molecule has 0 fully saturated rings. The van der Waals surface area contributed by atoms with Crippen molar-refractivity contribution in [1.82, 2.24) is 9.88 Å². The van der Waals surface area contributed by atoms with Crippen molar-refractivity contribution < 1.29 is 36.2 Å². The summed E-state index contributed by atoms with van der Waals surface area (Å²) < 4.78 is 48.2. The first-order valence-corrected chi connectivity index (χ1v) is 9.31. The molecule has 0 saturated carbocycles. The lowest BCUT2D eigenvalue weighted by Crippen LogP contribution is -2.51. The number of aryl methyl sites for hydroxylation is 1. The van der Waals surface area contributed by atoms with E-state index in [1.807, 2.05) is 62.6 Å². The number of nitrogens with zero attached hydrogens (tertiary/aromatic N) is 2. The smallest absolute Gasteiger partial charge is 0.460 e. The van der Waals surface area contributed by atoms with E-state index in [1.54, 1.807) is 0 Å². The number of carbonyl (C=O) groups is 2. The number of imidazole rings is 1. The van der Waals surface area contributed by atoms with Gasteiger partial charge in [0.05, 0.1) is 13.1 Å². The average Bonchev–Trinajstić information content (AvgIpc) is 2.96. The van der Waals surface area contributed by atoms with Crippen molar-refractivity contribution in [2.45, 2.75) is 52.7 Å². The summed E-state index contributed by atoms with van der Waals surface area (Å²) in [4.78, 5) is 24.4. The molecule has 1 aromatic heterocycles. The molecular formula is C17H31BF4N4O3. The molecule has 0 aliphatic rings. The van der Waals surface area contributed by atoms with Crippen LogP contribution in [0.3, 0.4) is 0 Å². The number of nitrogens with two attached hydrogens (primary N) is 1. The van der Waals surface area contributed by atoms with Gasteiger partial charge in [-0.15, -0.1) is 0 Å². The predicted octanol–water partition coefficient (Wildman–Crippen LogP) is 1.67. The van der Waals surface area contributed by atoms with Gasteiger partial charge >= 0.3 is 13.2 Å². The molecule has 1 amide bonds. The SMILES string of the molecule is CC(C)C[C@H](NC(=O)[C@@H](N)C(C)C)C(=O)OCCn1cc[n+](C)c1.F[B-](F)(F)F. The first-order chi connectivity index (χ1) is 13.2. The molecule has 1 aromatic rings. The van der Waals surface area contributed by atoms with Crippen molar-refractivity contribution in [2.75, 3.05) is 6.61 Å². The molecular weight excluding hydrogens is 395 g/mol. The first kappa shape index (κ1) is 26.9. The van der Waals surface area contributed by atoms with Gasteiger partial charge in [0.25, 0.3) is 0 Å². The van der Waals surface area contributed by atoms with Crippen LogP contribution in [0.4, 0.5) is 17.3 Å². The molecule has 7 nitrogen and oxygen atoms in total. The second-order valence-electron chi connectivity index (χ2n) is 7.44. The van der Waals surface area contributed by atoms with Crippen LogP contribution in [0.1, 0.15) is 34.1 Å². The Labute approximate surface area is 168 Å². The number of halogens is 4. The number of rotatable bonds is 9. The number of hydrogen-bond acceptors (Lipinski definition) is 4. The minimum atomic E-state index is -6.00. The lowest BCUT2D eigenvalue weighted by Gasteiger charge is -2.22. The van der Waals surface area contributed by atoms with Crippen LogP contribution in [0.2, 0.25) is 0 Å². The number of ether oxygens (including phenoxy) is 1. The Morgan fingerprint density at radius 1 is 1.21 bits per heavy atom. The van der Waals surface area contributed by atoms with Crippen LogP contribution in [-0.2, 0) is 27.9 Å². The molecule has 1 rings (SSSR count). The van der Waals surface area contributed by atoms with E-state index in [4.69, 9.17) is 10.5 Å². The summed E-state index contributed by atoms with van der Waals surface area (Å²) in [5.74, 6) is -0.466. The van der Waals surface area contributed by atoms with Gasteiger partial charge < -0.3 is 33.0 Å². The van der Waals surface area contributed by atoms with Crippen LogP contribution >= 0.6 is 0 Å². The zero-order valence-corrected chi connectivity index (χ0v) is 17.4. The molecule has 0 aliphatic heterocycles. The van der Waals surface area contributed by atoms with Gasteiger partial charge in [0.2, 0.25) is 12.2 Å².